The first-order chi connectivity index (χ1) is 15.9. The summed E-state index contributed by atoms with van der Waals surface area (Å²) in [5, 5.41) is 7.28. The molecule has 174 valence electrons. The zero-order valence-corrected chi connectivity index (χ0v) is 18.4. The van der Waals surface area contributed by atoms with Gasteiger partial charge in [-0.15, -0.1) is 0 Å². The molecular formula is C24H27F2N5O2. The summed E-state index contributed by atoms with van der Waals surface area (Å²) in [7, 11) is 1.40. The third-order valence-electron chi connectivity index (χ3n) is 6.07. The van der Waals surface area contributed by atoms with Gasteiger partial charge in [0.1, 0.15) is 28.9 Å². The monoisotopic (exact) mass is 455 g/mol. The molecule has 0 bridgehead atoms. The summed E-state index contributed by atoms with van der Waals surface area (Å²) < 4.78 is 35.5. The molecule has 1 saturated carbocycles. The lowest BCUT2D eigenvalue weighted by Gasteiger charge is -2.11. The van der Waals surface area contributed by atoms with E-state index in [9.17, 15) is 9.18 Å². The fourth-order valence-corrected chi connectivity index (χ4v) is 4.32. The molecule has 1 aliphatic carbocycles. The molecular weight excluding hydrogens is 428 g/mol. The van der Waals surface area contributed by atoms with Gasteiger partial charge in [-0.25, -0.2) is 13.5 Å². The van der Waals surface area contributed by atoms with Crippen LogP contribution in [-0.4, -0.2) is 22.8 Å². The molecule has 0 radical (unpaired) electrons. The summed E-state index contributed by atoms with van der Waals surface area (Å²) in [6.07, 6.45) is 4.22. The first kappa shape index (κ1) is 22.7. The Kier molecular flexibility index (Phi) is 6.60. The van der Waals surface area contributed by atoms with Crippen molar-refractivity contribution in [2.75, 3.05) is 12.8 Å². The van der Waals surface area contributed by atoms with E-state index < -0.39 is 17.5 Å². The molecule has 0 aliphatic heterocycles. The third kappa shape index (κ3) is 4.54. The van der Waals surface area contributed by atoms with E-state index in [0.29, 0.717) is 28.2 Å². The molecule has 1 aromatic heterocycles. The number of nitrogens with two attached hydrogens (primary N) is 2. The molecule has 33 heavy (non-hydrogen) atoms. The molecule has 1 heterocycles. The maximum atomic E-state index is 15.1. The number of anilines is 1. The molecule has 5 N–H and O–H groups in total. The number of amides is 1. The lowest BCUT2D eigenvalue weighted by Crippen LogP contribution is -2.23. The minimum Gasteiger partial charge on any atom is -0.496 e. The Labute approximate surface area is 190 Å². The number of nitrogen functional groups attached to an aromatic ring is 1. The average Bonchev–Trinajstić information content (AvgIpc) is 3.45. The van der Waals surface area contributed by atoms with Crippen LogP contribution in [0.25, 0.3) is 11.3 Å². The van der Waals surface area contributed by atoms with E-state index in [2.05, 4.69) is 10.4 Å². The number of hydrogen-bond donors (Lipinski definition) is 3. The Morgan fingerprint density at radius 2 is 1.97 bits per heavy atom. The molecule has 1 aliphatic rings. The molecule has 2 aromatic carbocycles. The molecule has 9 heteroatoms. The number of aromatic nitrogens is 2. The highest BCUT2D eigenvalue weighted by molar-refractivity contribution is 5.96. The van der Waals surface area contributed by atoms with Crippen molar-refractivity contribution in [3.63, 3.8) is 0 Å². The molecule has 0 atom stereocenters. The minimum absolute atomic E-state index is 0.0537. The number of hydrogen-bond acceptors (Lipinski definition) is 5. The molecule has 1 amide bonds. The van der Waals surface area contributed by atoms with Gasteiger partial charge in [-0.2, -0.15) is 5.10 Å². The van der Waals surface area contributed by atoms with Crippen molar-refractivity contribution in [3.05, 3.63) is 64.7 Å². The van der Waals surface area contributed by atoms with Crippen molar-refractivity contribution < 1.29 is 18.3 Å². The lowest BCUT2D eigenvalue weighted by atomic mass is 10.0. The number of methoxy groups -OCH3 is 1. The normalized spacial score (nSPS) is 13.9. The van der Waals surface area contributed by atoms with E-state index in [4.69, 9.17) is 16.2 Å². The van der Waals surface area contributed by atoms with Gasteiger partial charge in [0.2, 0.25) is 0 Å². The zero-order valence-electron chi connectivity index (χ0n) is 18.4. The van der Waals surface area contributed by atoms with Crippen LogP contribution in [0.2, 0.25) is 0 Å². The molecule has 0 spiro atoms. The van der Waals surface area contributed by atoms with Gasteiger partial charge in [0.25, 0.3) is 5.91 Å². The number of halogens is 2. The van der Waals surface area contributed by atoms with E-state index in [1.807, 2.05) is 0 Å². The Hall–Kier alpha value is -3.46. The number of benzene rings is 2. The van der Waals surface area contributed by atoms with E-state index in [-0.39, 0.29) is 30.4 Å². The zero-order chi connectivity index (χ0) is 23.5. The van der Waals surface area contributed by atoms with E-state index in [1.165, 1.54) is 25.3 Å². The van der Waals surface area contributed by atoms with E-state index in [0.717, 1.165) is 31.7 Å². The van der Waals surface area contributed by atoms with Gasteiger partial charge < -0.3 is 21.5 Å². The fraction of sp³-hybridized carbons (Fsp3) is 0.333. The summed E-state index contributed by atoms with van der Waals surface area (Å²) in [6, 6.07) is 8.54. The second-order valence-electron chi connectivity index (χ2n) is 8.14. The van der Waals surface area contributed by atoms with Crippen LogP contribution in [0.4, 0.5) is 14.6 Å². The molecule has 1 fully saturated rings. The SMILES string of the molecule is COc1ccc(F)cc1C(=O)NCc1ccc(-c2nn(C3CCCC3)c(N)c2CN)c(F)c1. The molecule has 0 unspecified atom stereocenters. The van der Waals surface area contributed by atoms with Crippen molar-refractivity contribution in [2.45, 2.75) is 44.8 Å². The number of nitrogens with zero attached hydrogens (tertiary/aromatic N) is 2. The topological polar surface area (TPSA) is 108 Å². The number of carbonyl (C=O) groups excluding carboxylic acids is 1. The van der Waals surface area contributed by atoms with Gasteiger partial charge in [0.15, 0.2) is 0 Å². The summed E-state index contributed by atoms with van der Waals surface area (Å²) >= 11 is 0. The second kappa shape index (κ2) is 9.58. The highest BCUT2D eigenvalue weighted by atomic mass is 19.1. The minimum atomic E-state index is -0.552. The first-order valence-electron chi connectivity index (χ1n) is 10.9. The predicted molar refractivity (Wildman–Crippen MR) is 122 cm³/mol. The maximum absolute atomic E-state index is 15.1. The van der Waals surface area contributed by atoms with Gasteiger partial charge in [-0.3, -0.25) is 4.79 Å². The van der Waals surface area contributed by atoms with Crippen LogP contribution >= 0.6 is 0 Å². The number of carbonyl (C=O) groups is 1. The van der Waals surface area contributed by atoms with Crippen LogP contribution < -0.4 is 21.5 Å². The van der Waals surface area contributed by atoms with Crippen molar-refractivity contribution in [1.82, 2.24) is 15.1 Å². The molecule has 3 aromatic rings. The van der Waals surface area contributed by atoms with E-state index in [1.54, 1.807) is 16.8 Å². The van der Waals surface area contributed by atoms with Crippen LogP contribution in [0.1, 0.15) is 53.2 Å². The van der Waals surface area contributed by atoms with Gasteiger partial charge in [0, 0.05) is 24.2 Å². The van der Waals surface area contributed by atoms with Crippen LogP contribution in [-0.2, 0) is 13.1 Å². The second-order valence-corrected chi connectivity index (χ2v) is 8.14. The smallest absolute Gasteiger partial charge is 0.255 e. The quantitative estimate of drug-likeness (QED) is 0.500. The van der Waals surface area contributed by atoms with Crippen molar-refractivity contribution >= 4 is 11.7 Å². The molecule has 0 saturated heterocycles. The predicted octanol–water partition coefficient (Wildman–Crippen LogP) is 3.92. The number of nitrogens with one attached hydrogen (secondary N) is 1. The highest BCUT2D eigenvalue weighted by Gasteiger charge is 2.25. The summed E-state index contributed by atoms with van der Waals surface area (Å²) in [5.74, 6) is -0.831. The lowest BCUT2D eigenvalue weighted by molar-refractivity contribution is 0.0947. The first-order valence-corrected chi connectivity index (χ1v) is 10.9. The summed E-state index contributed by atoms with van der Waals surface area (Å²) in [6.45, 7) is 0.207. The Morgan fingerprint density at radius 1 is 1.21 bits per heavy atom. The number of ether oxygens (including phenoxy) is 1. The standard InChI is InChI=1S/C24H27F2N5O2/c1-33-21-9-7-15(25)11-18(21)24(32)29-13-14-6-8-17(20(26)10-14)22-19(12-27)23(28)31(30-22)16-4-2-3-5-16/h6-11,16H,2-5,12-13,27-28H2,1H3,(H,29,32). The van der Waals surface area contributed by atoms with E-state index >= 15 is 4.39 Å². The van der Waals surface area contributed by atoms with Crippen LogP contribution in [0.5, 0.6) is 5.75 Å². The number of rotatable bonds is 7. The van der Waals surface area contributed by atoms with Gasteiger partial charge >= 0.3 is 0 Å². The average molecular weight is 456 g/mol. The molecule has 7 nitrogen and oxygen atoms in total. The fourth-order valence-electron chi connectivity index (χ4n) is 4.32. The van der Waals surface area contributed by atoms with Gasteiger partial charge in [-0.05, 0) is 48.7 Å². The summed E-state index contributed by atoms with van der Waals surface area (Å²) in [4.78, 5) is 12.5. The van der Waals surface area contributed by atoms with Crippen LogP contribution in [0.15, 0.2) is 36.4 Å². The van der Waals surface area contributed by atoms with Crippen LogP contribution in [0.3, 0.4) is 0 Å². The summed E-state index contributed by atoms with van der Waals surface area (Å²) in [5.41, 5.74) is 14.2. The van der Waals surface area contributed by atoms with Crippen molar-refractivity contribution in [1.29, 1.82) is 0 Å². The molecule has 4 rings (SSSR count). The van der Waals surface area contributed by atoms with Crippen molar-refractivity contribution in [2.24, 2.45) is 5.73 Å². The Balaban J connectivity index is 1.54. The third-order valence-corrected chi connectivity index (χ3v) is 6.07. The largest absolute Gasteiger partial charge is 0.496 e. The van der Waals surface area contributed by atoms with Gasteiger partial charge in [-0.1, -0.05) is 18.9 Å². The van der Waals surface area contributed by atoms with Gasteiger partial charge in [0.05, 0.1) is 18.7 Å². The van der Waals surface area contributed by atoms with Crippen LogP contribution in [0, 0.1) is 11.6 Å². The Morgan fingerprint density at radius 3 is 2.64 bits per heavy atom. The maximum Gasteiger partial charge on any atom is 0.255 e. The van der Waals surface area contributed by atoms with Crippen molar-refractivity contribution in [3.8, 4) is 17.0 Å². The Bertz CT molecular complexity index is 1170. The highest BCUT2D eigenvalue weighted by Crippen LogP contribution is 2.36.